The summed E-state index contributed by atoms with van der Waals surface area (Å²) < 4.78 is 0. The molecule has 1 aliphatic rings. The summed E-state index contributed by atoms with van der Waals surface area (Å²) in [5.41, 5.74) is 2.38. The molecule has 120 valence electrons. The van der Waals surface area contributed by atoms with Crippen LogP contribution in [-0.4, -0.2) is 31.1 Å². The summed E-state index contributed by atoms with van der Waals surface area (Å²) in [5.74, 6) is 0. The van der Waals surface area contributed by atoms with Crippen molar-refractivity contribution in [3.63, 3.8) is 0 Å². The first-order valence-electron chi connectivity index (χ1n) is 7.70. The zero-order valence-corrected chi connectivity index (χ0v) is 13.5. The Morgan fingerprint density at radius 2 is 1.74 bits per heavy atom. The van der Waals surface area contributed by atoms with Gasteiger partial charge in [-0.25, -0.2) is 0 Å². The number of rotatable bonds is 4. The van der Waals surface area contributed by atoms with Gasteiger partial charge in [-0.15, -0.1) is 0 Å². The number of hydrogen-bond donors (Lipinski definition) is 1. The van der Waals surface area contributed by atoms with Crippen molar-refractivity contribution >= 4 is 23.0 Å². The minimum absolute atomic E-state index is 0.146. The molecule has 2 aromatic rings. The summed E-state index contributed by atoms with van der Waals surface area (Å²) in [4.78, 5) is 14.1. The lowest BCUT2D eigenvalue weighted by atomic mass is 10.1. The molecule has 6 heteroatoms. The lowest BCUT2D eigenvalue weighted by Crippen LogP contribution is -3.13. The molecule has 1 fully saturated rings. The lowest BCUT2D eigenvalue weighted by molar-refractivity contribution is -0.914. The van der Waals surface area contributed by atoms with Gasteiger partial charge >= 0.3 is 0 Å². The van der Waals surface area contributed by atoms with Gasteiger partial charge < -0.3 is 9.80 Å². The molecule has 0 aromatic heterocycles. The van der Waals surface area contributed by atoms with E-state index in [1.54, 1.807) is 12.1 Å². The minimum Gasteiger partial charge on any atom is -0.359 e. The molecule has 0 saturated carbocycles. The third-order valence-electron chi connectivity index (χ3n) is 4.26. The maximum Gasteiger partial charge on any atom is 0.269 e. The van der Waals surface area contributed by atoms with E-state index in [4.69, 9.17) is 11.6 Å². The Labute approximate surface area is 140 Å². The van der Waals surface area contributed by atoms with Crippen LogP contribution in [0.1, 0.15) is 5.56 Å². The van der Waals surface area contributed by atoms with Crippen LogP contribution in [0.25, 0.3) is 0 Å². The molecular formula is C17H19ClN3O2+. The molecular weight excluding hydrogens is 314 g/mol. The standard InChI is InChI=1S/C17H18ClN3O2/c18-16-3-1-2-4-17(16)20-11-9-19(10-12-20)13-14-5-7-15(8-6-14)21(22)23/h1-8H,9-13H2/p+1. The molecule has 0 aliphatic carbocycles. The van der Waals surface area contributed by atoms with Crippen molar-refractivity contribution < 1.29 is 9.82 Å². The second kappa shape index (κ2) is 6.98. The molecule has 1 N–H and O–H groups in total. The van der Waals surface area contributed by atoms with Crippen LogP contribution in [-0.2, 0) is 6.54 Å². The summed E-state index contributed by atoms with van der Waals surface area (Å²) in [6.07, 6.45) is 0. The zero-order valence-electron chi connectivity index (χ0n) is 12.7. The first kappa shape index (κ1) is 15.8. The molecule has 0 unspecified atom stereocenters. The normalized spacial score (nSPS) is 15.6. The number of piperazine rings is 1. The van der Waals surface area contributed by atoms with Crippen LogP contribution in [0.2, 0.25) is 5.02 Å². The Morgan fingerprint density at radius 1 is 1.09 bits per heavy atom. The second-order valence-corrected chi connectivity index (χ2v) is 6.20. The molecule has 0 spiro atoms. The SMILES string of the molecule is O=[N+]([O-])c1ccc(C[NH+]2CCN(c3ccccc3Cl)CC2)cc1. The molecule has 0 atom stereocenters. The average molecular weight is 333 g/mol. The van der Waals surface area contributed by atoms with E-state index in [2.05, 4.69) is 11.0 Å². The Morgan fingerprint density at radius 3 is 2.35 bits per heavy atom. The molecule has 1 aliphatic heterocycles. The van der Waals surface area contributed by atoms with Crippen LogP contribution in [0, 0.1) is 10.1 Å². The molecule has 23 heavy (non-hydrogen) atoms. The van der Waals surface area contributed by atoms with Crippen molar-refractivity contribution in [3.8, 4) is 0 Å². The van der Waals surface area contributed by atoms with Gasteiger partial charge in [0.1, 0.15) is 6.54 Å². The Hall–Kier alpha value is -2.11. The van der Waals surface area contributed by atoms with Crippen LogP contribution >= 0.6 is 11.6 Å². The Balaban J connectivity index is 1.57. The monoisotopic (exact) mass is 332 g/mol. The zero-order chi connectivity index (χ0) is 16.2. The predicted octanol–water partition coefficient (Wildman–Crippen LogP) is 2.15. The summed E-state index contributed by atoms with van der Waals surface area (Å²) in [6.45, 7) is 4.89. The molecule has 1 saturated heterocycles. The highest BCUT2D eigenvalue weighted by Gasteiger charge is 2.21. The summed E-state index contributed by atoms with van der Waals surface area (Å²) in [5, 5.41) is 11.5. The van der Waals surface area contributed by atoms with Crippen molar-refractivity contribution in [3.05, 3.63) is 69.2 Å². The predicted molar refractivity (Wildman–Crippen MR) is 91.2 cm³/mol. The number of hydrogen-bond acceptors (Lipinski definition) is 3. The van der Waals surface area contributed by atoms with Crippen LogP contribution < -0.4 is 9.80 Å². The lowest BCUT2D eigenvalue weighted by Gasteiger charge is -2.34. The molecule has 5 nitrogen and oxygen atoms in total. The van der Waals surface area contributed by atoms with Crippen molar-refractivity contribution in [2.75, 3.05) is 31.1 Å². The number of quaternary nitrogens is 1. The number of benzene rings is 2. The largest absolute Gasteiger partial charge is 0.359 e. The van der Waals surface area contributed by atoms with E-state index >= 15 is 0 Å². The van der Waals surface area contributed by atoms with Gasteiger partial charge in [0.25, 0.3) is 5.69 Å². The molecule has 1 heterocycles. The van der Waals surface area contributed by atoms with E-state index in [9.17, 15) is 10.1 Å². The van der Waals surface area contributed by atoms with Crippen LogP contribution in [0.3, 0.4) is 0 Å². The van der Waals surface area contributed by atoms with Gasteiger partial charge in [-0.1, -0.05) is 23.7 Å². The second-order valence-electron chi connectivity index (χ2n) is 5.79. The molecule has 3 rings (SSSR count). The van der Waals surface area contributed by atoms with Gasteiger partial charge in [-0.3, -0.25) is 10.1 Å². The number of nitro groups is 1. The first-order chi connectivity index (χ1) is 11.1. The maximum absolute atomic E-state index is 10.7. The molecule has 2 aromatic carbocycles. The summed E-state index contributed by atoms with van der Waals surface area (Å²) in [6, 6.07) is 14.8. The number of halogens is 1. The van der Waals surface area contributed by atoms with E-state index in [0.29, 0.717) is 0 Å². The van der Waals surface area contributed by atoms with Gasteiger partial charge in [-0.2, -0.15) is 0 Å². The number of nitro benzene ring substituents is 1. The van der Waals surface area contributed by atoms with Gasteiger partial charge in [0.2, 0.25) is 0 Å². The molecule has 0 radical (unpaired) electrons. The van der Waals surface area contributed by atoms with Crippen molar-refractivity contribution in [1.29, 1.82) is 0 Å². The summed E-state index contributed by atoms with van der Waals surface area (Å²) in [7, 11) is 0. The van der Waals surface area contributed by atoms with Crippen LogP contribution in [0.5, 0.6) is 0 Å². The molecule has 0 amide bonds. The van der Waals surface area contributed by atoms with Crippen molar-refractivity contribution in [2.45, 2.75) is 6.54 Å². The minimum atomic E-state index is -0.362. The van der Waals surface area contributed by atoms with Crippen molar-refractivity contribution in [1.82, 2.24) is 0 Å². The fourth-order valence-corrected chi connectivity index (χ4v) is 3.23. The van der Waals surface area contributed by atoms with Gasteiger partial charge in [0.15, 0.2) is 0 Å². The third kappa shape index (κ3) is 3.81. The van der Waals surface area contributed by atoms with E-state index in [-0.39, 0.29) is 10.6 Å². The first-order valence-corrected chi connectivity index (χ1v) is 8.07. The maximum atomic E-state index is 10.7. The highest BCUT2D eigenvalue weighted by molar-refractivity contribution is 6.33. The molecule has 0 bridgehead atoms. The smallest absolute Gasteiger partial charge is 0.269 e. The van der Waals surface area contributed by atoms with E-state index in [1.165, 1.54) is 4.90 Å². The number of anilines is 1. The number of nitrogens with zero attached hydrogens (tertiary/aromatic N) is 2. The van der Waals surface area contributed by atoms with Gasteiger partial charge in [-0.05, 0) is 24.3 Å². The van der Waals surface area contributed by atoms with E-state index < -0.39 is 0 Å². The number of para-hydroxylation sites is 1. The number of non-ortho nitro benzene ring substituents is 1. The highest BCUT2D eigenvalue weighted by atomic mass is 35.5. The van der Waals surface area contributed by atoms with E-state index in [1.807, 2.05) is 30.3 Å². The third-order valence-corrected chi connectivity index (χ3v) is 4.58. The van der Waals surface area contributed by atoms with E-state index in [0.717, 1.165) is 49.0 Å². The fourth-order valence-electron chi connectivity index (χ4n) is 2.97. The van der Waals surface area contributed by atoms with Crippen molar-refractivity contribution in [2.24, 2.45) is 0 Å². The average Bonchev–Trinajstić information content (AvgIpc) is 2.57. The highest BCUT2D eigenvalue weighted by Crippen LogP contribution is 2.24. The topological polar surface area (TPSA) is 50.8 Å². The Kier molecular flexibility index (Phi) is 4.79. The Bertz CT molecular complexity index is 682. The van der Waals surface area contributed by atoms with Gasteiger partial charge in [0.05, 0.1) is 41.8 Å². The van der Waals surface area contributed by atoms with Crippen LogP contribution in [0.4, 0.5) is 11.4 Å². The fraction of sp³-hybridized carbons (Fsp3) is 0.294. The summed E-state index contributed by atoms with van der Waals surface area (Å²) >= 11 is 6.26. The van der Waals surface area contributed by atoms with Crippen LogP contribution in [0.15, 0.2) is 48.5 Å². The quantitative estimate of drug-likeness (QED) is 0.689. The number of nitrogens with one attached hydrogen (secondary N) is 1. The van der Waals surface area contributed by atoms with Gasteiger partial charge in [0, 0.05) is 17.7 Å².